The van der Waals surface area contributed by atoms with Gasteiger partial charge >= 0.3 is 0 Å². The van der Waals surface area contributed by atoms with Crippen LogP contribution in [0.4, 0.5) is 10.7 Å². The van der Waals surface area contributed by atoms with Gasteiger partial charge in [0.25, 0.3) is 5.91 Å². The summed E-state index contributed by atoms with van der Waals surface area (Å²) in [6.07, 6.45) is 3.83. The number of nitrogens with zero attached hydrogens (tertiary/aromatic N) is 1. The highest BCUT2D eigenvalue weighted by Crippen LogP contribution is 2.37. The number of anilines is 2. The number of benzene rings is 1. The average Bonchev–Trinajstić information content (AvgIpc) is 3.02. The van der Waals surface area contributed by atoms with E-state index in [4.69, 9.17) is 5.73 Å². The summed E-state index contributed by atoms with van der Waals surface area (Å²) in [6.45, 7) is 3.99. The fraction of sp³-hybridized carbons (Fsp3) is 0.409. The summed E-state index contributed by atoms with van der Waals surface area (Å²) in [4.78, 5) is 39.6. The van der Waals surface area contributed by atoms with E-state index in [2.05, 4.69) is 10.6 Å². The van der Waals surface area contributed by atoms with Crippen LogP contribution in [-0.4, -0.2) is 42.8 Å². The highest BCUT2D eigenvalue weighted by Gasteiger charge is 2.25. The number of para-hydroxylation sites is 1. The van der Waals surface area contributed by atoms with Gasteiger partial charge in [-0.2, -0.15) is 0 Å². The van der Waals surface area contributed by atoms with Crippen molar-refractivity contribution in [2.75, 3.05) is 30.8 Å². The SMILES string of the molecule is Cc1cccc(C)c1NC(=O)CN(C)CC(=O)Nc1sc2c(c1C(N)=O)CCCC2. The Morgan fingerprint density at radius 1 is 1.03 bits per heavy atom. The predicted octanol–water partition coefficient (Wildman–Crippen LogP) is 2.85. The summed E-state index contributed by atoms with van der Waals surface area (Å²) in [5.74, 6) is -0.975. The molecular formula is C22H28N4O3S. The summed E-state index contributed by atoms with van der Waals surface area (Å²) in [6, 6.07) is 5.83. The number of thiophene rings is 1. The van der Waals surface area contributed by atoms with E-state index in [9.17, 15) is 14.4 Å². The number of carbonyl (C=O) groups excluding carboxylic acids is 3. The number of hydrogen-bond donors (Lipinski definition) is 3. The largest absolute Gasteiger partial charge is 0.365 e. The molecule has 0 atom stereocenters. The van der Waals surface area contributed by atoms with Crippen LogP contribution in [0.2, 0.25) is 0 Å². The monoisotopic (exact) mass is 428 g/mol. The van der Waals surface area contributed by atoms with Crippen molar-refractivity contribution in [3.63, 3.8) is 0 Å². The molecule has 0 fully saturated rings. The molecule has 0 saturated carbocycles. The second kappa shape index (κ2) is 9.40. The van der Waals surface area contributed by atoms with E-state index in [1.165, 1.54) is 11.3 Å². The Hall–Kier alpha value is -2.71. The molecule has 0 spiro atoms. The number of nitrogens with one attached hydrogen (secondary N) is 2. The number of aryl methyl sites for hydroxylation is 3. The first-order valence-electron chi connectivity index (χ1n) is 10.0. The lowest BCUT2D eigenvalue weighted by molar-refractivity contribution is -0.119. The standard InChI is InChI=1S/C22H28N4O3S/c1-13-7-6-8-14(2)20(13)24-17(27)11-26(3)12-18(28)25-22-19(21(23)29)15-9-4-5-10-16(15)30-22/h6-8H,4-5,9-12H2,1-3H3,(H2,23,29)(H,24,27)(H,25,28). The minimum Gasteiger partial charge on any atom is -0.365 e. The third-order valence-electron chi connectivity index (χ3n) is 5.24. The predicted molar refractivity (Wildman–Crippen MR) is 120 cm³/mol. The number of carbonyl (C=O) groups is 3. The molecule has 0 radical (unpaired) electrons. The molecule has 3 amide bonds. The highest BCUT2D eigenvalue weighted by atomic mass is 32.1. The van der Waals surface area contributed by atoms with Crippen LogP contribution in [0.3, 0.4) is 0 Å². The van der Waals surface area contributed by atoms with Crippen LogP contribution in [0.25, 0.3) is 0 Å². The Morgan fingerprint density at radius 3 is 2.27 bits per heavy atom. The highest BCUT2D eigenvalue weighted by molar-refractivity contribution is 7.17. The van der Waals surface area contributed by atoms with Gasteiger partial charge in [0.05, 0.1) is 18.7 Å². The lowest BCUT2D eigenvalue weighted by Crippen LogP contribution is -2.36. The molecule has 1 aliphatic carbocycles. The molecule has 1 aromatic heterocycles. The summed E-state index contributed by atoms with van der Waals surface area (Å²) in [7, 11) is 1.71. The number of amides is 3. The molecule has 0 aliphatic heterocycles. The molecule has 0 unspecified atom stereocenters. The van der Waals surface area contributed by atoms with Crippen LogP contribution >= 0.6 is 11.3 Å². The fourth-order valence-corrected chi connectivity index (χ4v) is 5.13. The summed E-state index contributed by atoms with van der Waals surface area (Å²) >= 11 is 1.43. The molecule has 7 nitrogen and oxygen atoms in total. The molecule has 0 saturated heterocycles. The van der Waals surface area contributed by atoms with Crippen LogP contribution in [0, 0.1) is 13.8 Å². The number of nitrogens with two attached hydrogens (primary N) is 1. The molecule has 2 aromatic rings. The molecule has 1 aromatic carbocycles. The van der Waals surface area contributed by atoms with Crippen molar-refractivity contribution in [1.82, 2.24) is 4.90 Å². The van der Waals surface area contributed by atoms with Gasteiger partial charge in [-0.1, -0.05) is 18.2 Å². The summed E-state index contributed by atoms with van der Waals surface area (Å²) < 4.78 is 0. The topological polar surface area (TPSA) is 105 Å². The maximum absolute atomic E-state index is 12.5. The maximum Gasteiger partial charge on any atom is 0.251 e. The zero-order valence-electron chi connectivity index (χ0n) is 17.6. The average molecular weight is 429 g/mol. The van der Waals surface area contributed by atoms with Gasteiger partial charge in [0.2, 0.25) is 11.8 Å². The van der Waals surface area contributed by atoms with Gasteiger partial charge in [-0.05, 0) is 63.3 Å². The minimum absolute atomic E-state index is 0.0287. The van der Waals surface area contributed by atoms with Gasteiger partial charge in [-0.25, -0.2) is 0 Å². The quantitative estimate of drug-likeness (QED) is 0.631. The van der Waals surface area contributed by atoms with Crippen LogP contribution in [0.15, 0.2) is 18.2 Å². The Kier molecular flexibility index (Phi) is 6.89. The van der Waals surface area contributed by atoms with Gasteiger partial charge < -0.3 is 16.4 Å². The first kappa shape index (κ1) is 22.0. The molecular weight excluding hydrogens is 400 g/mol. The van der Waals surface area contributed by atoms with Crippen LogP contribution in [-0.2, 0) is 22.4 Å². The molecule has 160 valence electrons. The molecule has 1 heterocycles. The lowest BCUT2D eigenvalue weighted by atomic mass is 9.95. The number of primary amides is 1. The Labute approximate surface area is 180 Å². The summed E-state index contributed by atoms with van der Waals surface area (Å²) in [5, 5.41) is 6.27. The van der Waals surface area contributed by atoms with Crippen molar-refractivity contribution in [3.05, 3.63) is 45.3 Å². The molecule has 1 aliphatic rings. The van der Waals surface area contributed by atoms with Crippen molar-refractivity contribution in [1.29, 1.82) is 0 Å². The number of rotatable bonds is 7. The summed E-state index contributed by atoms with van der Waals surface area (Å²) in [5.41, 5.74) is 9.78. The van der Waals surface area contributed by atoms with Gasteiger partial charge in [0, 0.05) is 10.6 Å². The third-order valence-corrected chi connectivity index (χ3v) is 6.45. The number of hydrogen-bond acceptors (Lipinski definition) is 5. The number of fused-ring (bicyclic) bond motifs is 1. The van der Waals surface area contributed by atoms with E-state index in [1.54, 1.807) is 11.9 Å². The van der Waals surface area contributed by atoms with Crippen molar-refractivity contribution in [2.45, 2.75) is 39.5 Å². The Balaban J connectivity index is 1.59. The van der Waals surface area contributed by atoms with Crippen molar-refractivity contribution < 1.29 is 14.4 Å². The second-order valence-electron chi connectivity index (χ2n) is 7.81. The third kappa shape index (κ3) is 5.06. The van der Waals surface area contributed by atoms with Gasteiger partial charge in [-0.15, -0.1) is 11.3 Å². The van der Waals surface area contributed by atoms with E-state index in [0.29, 0.717) is 10.6 Å². The first-order chi connectivity index (χ1) is 14.3. The van der Waals surface area contributed by atoms with E-state index >= 15 is 0 Å². The van der Waals surface area contributed by atoms with Gasteiger partial charge in [-0.3, -0.25) is 19.3 Å². The Bertz CT molecular complexity index is 963. The first-order valence-corrected chi connectivity index (χ1v) is 10.9. The van der Waals surface area contributed by atoms with E-state index in [-0.39, 0.29) is 24.9 Å². The van der Waals surface area contributed by atoms with Crippen LogP contribution in [0.1, 0.15) is 44.8 Å². The number of likely N-dealkylation sites (N-methyl/N-ethyl adjacent to an activating group) is 1. The maximum atomic E-state index is 12.5. The van der Waals surface area contributed by atoms with Crippen LogP contribution in [0.5, 0.6) is 0 Å². The molecule has 4 N–H and O–H groups in total. The van der Waals surface area contributed by atoms with Crippen molar-refractivity contribution in [2.24, 2.45) is 5.73 Å². The van der Waals surface area contributed by atoms with E-state index < -0.39 is 5.91 Å². The smallest absolute Gasteiger partial charge is 0.251 e. The van der Waals surface area contributed by atoms with E-state index in [1.807, 2.05) is 32.0 Å². The van der Waals surface area contributed by atoms with Gasteiger partial charge in [0.1, 0.15) is 5.00 Å². The van der Waals surface area contributed by atoms with Gasteiger partial charge in [0.15, 0.2) is 0 Å². The molecule has 8 heteroatoms. The lowest BCUT2D eigenvalue weighted by Gasteiger charge is -2.17. The van der Waals surface area contributed by atoms with Crippen molar-refractivity contribution >= 4 is 39.7 Å². The molecule has 30 heavy (non-hydrogen) atoms. The Morgan fingerprint density at radius 2 is 1.63 bits per heavy atom. The second-order valence-corrected chi connectivity index (χ2v) is 8.92. The minimum atomic E-state index is -0.508. The molecule has 3 rings (SSSR count). The van der Waals surface area contributed by atoms with Crippen molar-refractivity contribution in [3.8, 4) is 0 Å². The normalized spacial score (nSPS) is 13.1. The van der Waals surface area contributed by atoms with Crippen LogP contribution < -0.4 is 16.4 Å². The van der Waals surface area contributed by atoms with E-state index in [0.717, 1.165) is 52.9 Å². The fourth-order valence-electron chi connectivity index (χ4n) is 3.82. The molecule has 0 bridgehead atoms. The zero-order chi connectivity index (χ0) is 21.8. The zero-order valence-corrected chi connectivity index (χ0v) is 18.4.